The minimum atomic E-state index is 0.369. The molecule has 1 atom stereocenters. The fourth-order valence-corrected chi connectivity index (χ4v) is 2.40. The van der Waals surface area contributed by atoms with Crippen molar-refractivity contribution in [2.24, 2.45) is 0 Å². The summed E-state index contributed by atoms with van der Waals surface area (Å²) < 4.78 is 0. The Labute approximate surface area is 121 Å². The quantitative estimate of drug-likeness (QED) is 0.837. The highest BCUT2D eigenvalue weighted by Gasteiger charge is 2.12. The second-order valence-corrected chi connectivity index (χ2v) is 5.07. The van der Waals surface area contributed by atoms with Crippen molar-refractivity contribution in [1.29, 1.82) is 0 Å². The van der Waals surface area contributed by atoms with E-state index >= 15 is 0 Å². The fraction of sp³-hybridized carbons (Fsp3) is 0.353. The lowest BCUT2D eigenvalue weighted by Crippen LogP contribution is -2.32. The minimum Gasteiger partial charge on any atom is -0.309 e. The van der Waals surface area contributed by atoms with Crippen LogP contribution in [0.4, 0.5) is 0 Å². The van der Waals surface area contributed by atoms with Gasteiger partial charge in [-0.1, -0.05) is 37.3 Å². The summed E-state index contributed by atoms with van der Waals surface area (Å²) in [5.41, 5.74) is 2.64. The molecule has 20 heavy (non-hydrogen) atoms. The second-order valence-electron chi connectivity index (χ2n) is 5.07. The summed E-state index contributed by atoms with van der Waals surface area (Å²) in [6.07, 6.45) is 3.70. The molecule has 106 valence electrons. The van der Waals surface area contributed by atoms with Crippen molar-refractivity contribution in [2.75, 3.05) is 20.1 Å². The van der Waals surface area contributed by atoms with Crippen LogP contribution in [0.25, 0.3) is 0 Å². The smallest absolute Gasteiger partial charge is 0.0449 e. The third-order valence-electron chi connectivity index (χ3n) is 3.35. The van der Waals surface area contributed by atoms with Crippen LogP contribution in [0.2, 0.25) is 0 Å². The van der Waals surface area contributed by atoms with Gasteiger partial charge in [0.05, 0.1) is 0 Å². The molecule has 0 bridgehead atoms. The summed E-state index contributed by atoms with van der Waals surface area (Å²) >= 11 is 0. The molecule has 1 heterocycles. The van der Waals surface area contributed by atoms with E-state index in [1.807, 2.05) is 12.4 Å². The van der Waals surface area contributed by atoms with Crippen LogP contribution in [0, 0.1) is 0 Å². The second kappa shape index (κ2) is 7.78. The molecular weight excluding hydrogens is 246 g/mol. The predicted molar refractivity (Wildman–Crippen MR) is 83.4 cm³/mol. The number of hydrogen-bond donors (Lipinski definition) is 1. The van der Waals surface area contributed by atoms with Crippen LogP contribution in [-0.4, -0.2) is 30.0 Å². The maximum Gasteiger partial charge on any atom is 0.0449 e. The third kappa shape index (κ3) is 4.44. The van der Waals surface area contributed by atoms with Crippen molar-refractivity contribution in [2.45, 2.75) is 19.5 Å². The van der Waals surface area contributed by atoms with Gasteiger partial charge in [0.15, 0.2) is 0 Å². The molecule has 1 N–H and O–H groups in total. The van der Waals surface area contributed by atoms with Gasteiger partial charge in [-0.15, -0.1) is 0 Å². The molecule has 0 aliphatic rings. The molecule has 1 unspecified atom stereocenters. The zero-order valence-corrected chi connectivity index (χ0v) is 12.3. The summed E-state index contributed by atoms with van der Waals surface area (Å²) in [5, 5.41) is 3.56. The molecule has 1 aromatic heterocycles. The predicted octanol–water partition coefficient (Wildman–Crippen LogP) is 2.86. The van der Waals surface area contributed by atoms with E-state index < -0.39 is 0 Å². The Kier molecular flexibility index (Phi) is 5.71. The van der Waals surface area contributed by atoms with Crippen molar-refractivity contribution in [3.8, 4) is 0 Å². The van der Waals surface area contributed by atoms with E-state index in [1.165, 1.54) is 11.1 Å². The third-order valence-corrected chi connectivity index (χ3v) is 3.35. The molecule has 0 saturated carbocycles. The van der Waals surface area contributed by atoms with Crippen molar-refractivity contribution >= 4 is 0 Å². The number of likely N-dealkylation sites (N-methyl/N-ethyl adjacent to an activating group) is 2. The Balaban J connectivity index is 1.97. The topological polar surface area (TPSA) is 28.2 Å². The van der Waals surface area contributed by atoms with Crippen LogP contribution in [0.3, 0.4) is 0 Å². The van der Waals surface area contributed by atoms with Crippen LogP contribution in [0.5, 0.6) is 0 Å². The van der Waals surface area contributed by atoms with Gasteiger partial charge < -0.3 is 10.2 Å². The maximum absolute atomic E-state index is 4.06. The number of nitrogens with zero attached hydrogens (tertiary/aromatic N) is 2. The average molecular weight is 269 g/mol. The zero-order chi connectivity index (χ0) is 14.2. The molecule has 1 aromatic carbocycles. The number of hydrogen-bond acceptors (Lipinski definition) is 3. The van der Waals surface area contributed by atoms with Crippen molar-refractivity contribution < 1.29 is 0 Å². The first kappa shape index (κ1) is 14.7. The number of pyridine rings is 1. The lowest BCUT2D eigenvalue weighted by Gasteiger charge is -2.25. The Morgan fingerprint density at radius 1 is 1.10 bits per heavy atom. The van der Waals surface area contributed by atoms with E-state index in [0.29, 0.717) is 6.04 Å². The summed E-state index contributed by atoms with van der Waals surface area (Å²) in [7, 11) is 2.16. The molecule has 0 aliphatic heterocycles. The van der Waals surface area contributed by atoms with E-state index in [9.17, 15) is 0 Å². The van der Waals surface area contributed by atoms with Crippen molar-refractivity contribution in [1.82, 2.24) is 15.2 Å². The lowest BCUT2D eigenvalue weighted by atomic mass is 10.1. The number of aromatic nitrogens is 1. The Morgan fingerprint density at radius 2 is 1.80 bits per heavy atom. The highest BCUT2D eigenvalue weighted by atomic mass is 15.1. The van der Waals surface area contributed by atoms with E-state index in [4.69, 9.17) is 0 Å². The number of nitrogens with one attached hydrogen (secondary N) is 1. The fourth-order valence-electron chi connectivity index (χ4n) is 2.40. The van der Waals surface area contributed by atoms with Gasteiger partial charge in [-0.05, 0) is 36.9 Å². The molecule has 2 aromatic rings. The van der Waals surface area contributed by atoms with Gasteiger partial charge in [0.2, 0.25) is 0 Å². The molecular formula is C17H23N3. The Hall–Kier alpha value is -1.71. The van der Waals surface area contributed by atoms with Gasteiger partial charge in [-0.2, -0.15) is 0 Å². The molecule has 0 radical (unpaired) electrons. The Bertz CT molecular complexity index is 484. The molecule has 0 saturated heterocycles. The first-order valence-electron chi connectivity index (χ1n) is 7.15. The van der Waals surface area contributed by atoms with Crippen molar-refractivity contribution in [3.63, 3.8) is 0 Å². The Morgan fingerprint density at radius 3 is 2.45 bits per heavy atom. The molecule has 0 spiro atoms. The van der Waals surface area contributed by atoms with E-state index in [-0.39, 0.29) is 0 Å². The molecule has 2 rings (SSSR count). The summed E-state index contributed by atoms with van der Waals surface area (Å²) in [4.78, 5) is 6.40. The van der Waals surface area contributed by atoms with Crippen LogP contribution in [-0.2, 0) is 6.54 Å². The number of benzene rings is 1. The first-order valence-corrected chi connectivity index (χ1v) is 7.15. The SMILES string of the molecule is CCNC(CN(C)Cc1ccncc1)c1ccccc1. The molecule has 0 aliphatic carbocycles. The van der Waals surface area contributed by atoms with E-state index in [2.05, 4.69) is 71.6 Å². The largest absolute Gasteiger partial charge is 0.309 e. The first-order chi connectivity index (χ1) is 9.79. The van der Waals surface area contributed by atoms with Gasteiger partial charge in [-0.3, -0.25) is 4.98 Å². The van der Waals surface area contributed by atoms with Crippen LogP contribution in [0.15, 0.2) is 54.9 Å². The van der Waals surface area contributed by atoms with Gasteiger partial charge in [0.1, 0.15) is 0 Å². The molecule has 3 heteroatoms. The van der Waals surface area contributed by atoms with Crippen LogP contribution >= 0.6 is 0 Å². The summed E-state index contributed by atoms with van der Waals surface area (Å²) in [6, 6.07) is 15.1. The standard InChI is InChI=1S/C17H23N3/c1-3-19-17(16-7-5-4-6-8-16)14-20(2)13-15-9-11-18-12-10-15/h4-12,17,19H,3,13-14H2,1-2H3. The molecule has 0 fully saturated rings. The monoisotopic (exact) mass is 269 g/mol. The average Bonchev–Trinajstić information content (AvgIpc) is 2.49. The van der Waals surface area contributed by atoms with Gasteiger partial charge in [0, 0.05) is 31.5 Å². The molecule has 3 nitrogen and oxygen atoms in total. The van der Waals surface area contributed by atoms with E-state index in [1.54, 1.807) is 0 Å². The summed E-state index contributed by atoms with van der Waals surface area (Å²) in [6.45, 7) is 5.05. The lowest BCUT2D eigenvalue weighted by molar-refractivity contribution is 0.285. The maximum atomic E-state index is 4.06. The number of rotatable bonds is 7. The minimum absolute atomic E-state index is 0.369. The highest BCUT2D eigenvalue weighted by molar-refractivity contribution is 5.19. The summed E-state index contributed by atoms with van der Waals surface area (Å²) in [5.74, 6) is 0. The highest BCUT2D eigenvalue weighted by Crippen LogP contribution is 2.14. The molecule has 0 amide bonds. The normalized spacial score (nSPS) is 12.6. The zero-order valence-electron chi connectivity index (χ0n) is 12.3. The van der Waals surface area contributed by atoms with Gasteiger partial charge in [0.25, 0.3) is 0 Å². The van der Waals surface area contributed by atoms with E-state index in [0.717, 1.165) is 19.6 Å². The van der Waals surface area contributed by atoms with Crippen LogP contribution in [0.1, 0.15) is 24.1 Å². The van der Waals surface area contributed by atoms with Gasteiger partial charge >= 0.3 is 0 Å². The van der Waals surface area contributed by atoms with Crippen molar-refractivity contribution in [3.05, 3.63) is 66.0 Å². The van der Waals surface area contributed by atoms with Crippen LogP contribution < -0.4 is 5.32 Å². The van der Waals surface area contributed by atoms with Gasteiger partial charge in [-0.25, -0.2) is 0 Å².